The van der Waals surface area contributed by atoms with E-state index in [-0.39, 0.29) is 5.69 Å². The maximum atomic E-state index is 11.9. The van der Waals surface area contributed by atoms with E-state index in [4.69, 9.17) is 0 Å². The predicted molar refractivity (Wildman–Crippen MR) is 85.1 cm³/mol. The second-order valence-corrected chi connectivity index (χ2v) is 6.73. The smallest absolute Gasteiger partial charge is 0.312 e. The molecule has 0 bridgehead atoms. The second-order valence-electron chi connectivity index (χ2n) is 5.94. The van der Waals surface area contributed by atoms with Crippen LogP contribution < -0.4 is 11.0 Å². The summed E-state index contributed by atoms with van der Waals surface area (Å²) < 4.78 is 2.68. The largest absolute Gasteiger partial charge is 0.348 e. The molecule has 0 aromatic carbocycles. The third kappa shape index (κ3) is 3.70. The molecule has 20 heavy (non-hydrogen) atoms. The monoisotopic (exact) mass is 341 g/mol. The number of hydrogen-bond acceptors (Lipinski definition) is 3. The van der Waals surface area contributed by atoms with Crippen LogP contribution in [0.1, 0.15) is 44.0 Å². The van der Waals surface area contributed by atoms with Gasteiger partial charge >= 0.3 is 5.69 Å². The van der Waals surface area contributed by atoms with Crippen molar-refractivity contribution >= 4 is 15.9 Å². The molecule has 4 nitrogen and oxygen atoms in total. The lowest BCUT2D eigenvalue weighted by molar-refractivity contribution is 0.304. The van der Waals surface area contributed by atoms with E-state index in [0.29, 0.717) is 12.6 Å². The van der Waals surface area contributed by atoms with E-state index in [1.54, 1.807) is 4.57 Å². The van der Waals surface area contributed by atoms with Gasteiger partial charge < -0.3 is 5.32 Å². The molecule has 0 unspecified atom stereocenters. The van der Waals surface area contributed by atoms with Crippen molar-refractivity contribution in [3.63, 3.8) is 0 Å². The molecule has 1 heterocycles. The predicted octanol–water partition coefficient (Wildman–Crippen LogP) is 2.79. The molecule has 1 fully saturated rings. The molecule has 0 saturated heterocycles. The lowest BCUT2D eigenvalue weighted by Crippen LogP contribution is -2.37. The van der Waals surface area contributed by atoms with Gasteiger partial charge in [0.1, 0.15) is 0 Å². The summed E-state index contributed by atoms with van der Waals surface area (Å²) in [6.45, 7) is 7.65. The van der Waals surface area contributed by atoms with E-state index >= 15 is 0 Å². The Bertz CT molecular complexity index is 519. The Hall–Kier alpha value is -0.680. The summed E-state index contributed by atoms with van der Waals surface area (Å²) in [4.78, 5) is 16.0. The third-order valence-electron chi connectivity index (χ3n) is 4.32. The first kappa shape index (κ1) is 15.7. The topological polar surface area (TPSA) is 46.9 Å². The van der Waals surface area contributed by atoms with Crippen molar-refractivity contribution in [3.05, 3.63) is 26.3 Å². The molecule has 2 rings (SSSR count). The van der Waals surface area contributed by atoms with Gasteiger partial charge in [-0.1, -0.05) is 6.92 Å². The Kier molecular flexibility index (Phi) is 5.38. The lowest BCUT2D eigenvalue weighted by atomic mass is 9.87. The van der Waals surface area contributed by atoms with Crippen molar-refractivity contribution in [1.82, 2.24) is 14.9 Å². The number of aryl methyl sites for hydroxylation is 1. The van der Waals surface area contributed by atoms with Crippen LogP contribution in [-0.2, 0) is 6.54 Å². The van der Waals surface area contributed by atoms with Gasteiger partial charge in [-0.15, -0.1) is 0 Å². The molecule has 112 valence electrons. The van der Waals surface area contributed by atoms with Crippen LogP contribution in [0, 0.1) is 19.8 Å². The van der Waals surface area contributed by atoms with Crippen molar-refractivity contribution in [2.45, 2.75) is 59.0 Å². The molecule has 1 saturated carbocycles. The average Bonchev–Trinajstić information content (AvgIpc) is 2.42. The quantitative estimate of drug-likeness (QED) is 0.915. The molecular formula is C15H24BrN3O. The van der Waals surface area contributed by atoms with E-state index in [1.165, 1.54) is 25.7 Å². The molecule has 1 aromatic heterocycles. The van der Waals surface area contributed by atoms with Crippen LogP contribution in [0.4, 0.5) is 0 Å². The Morgan fingerprint density at radius 1 is 1.30 bits per heavy atom. The molecule has 0 aliphatic heterocycles. The maximum absolute atomic E-state index is 11.9. The van der Waals surface area contributed by atoms with Crippen LogP contribution in [0.3, 0.4) is 0 Å². The molecule has 0 atom stereocenters. The average molecular weight is 342 g/mol. The SMILES string of the molecule is Cc1nc(=O)n(CCNC2CCC(C)CC2)c(C)c1Br. The zero-order chi connectivity index (χ0) is 14.7. The number of nitrogens with one attached hydrogen (secondary N) is 1. The fourth-order valence-electron chi connectivity index (χ4n) is 2.88. The molecule has 5 heteroatoms. The second kappa shape index (κ2) is 6.85. The first-order valence-electron chi connectivity index (χ1n) is 7.46. The maximum Gasteiger partial charge on any atom is 0.348 e. The summed E-state index contributed by atoms with van der Waals surface area (Å²) in [7, 11) is 0. The Morgan fingerprint density at radius 2 is 1.95 bits per heavy atom. The molecule has 0 radical (unpaired) electrons. The minimum absolute atomic E-state index is 0.151. The summed E-state index contributed by atoms with van der Waals surface area (Å²) in [5.74, 6) is 0.871. The van der Waals surface area contributed by atoms with E-state index in [0.717, 1.165) is 28.3 Å². The van der Waals surface area contributed by atoms with E-state index < -0.39 is 0 Å². The van der Waals surface area contributed by atoms with Crippen molar-refractivity contribution in [1.29, 1.82) is 0 Å². The molecule has 1 aliphatic rings. The van der Waals surface area contributed by atoms with Crippen LogP contribution in [0.5, 0.6) is 0 Å². The third-order valence-corrected chi connectivity index (χ3v) is 5.47. The zero-order valence-electron chi connectivity index (χ0n) is 12.6. The van der Waals surface area contributed by atoms with E-state index in [9.17, 15) is 4.79 Å². The van der Waals surface area contributed by atoms with Gasteiger partial charge in [0, 0.05) is 24.8 Å². The van der Waals surface area contributed by atoms with Gasteiger partial charge in [-0.2, -0.15) is 4.98 Å². The fourth-order valence-corrected chi connectivity index (χ4v) is 3.19. The molecule has 1 aromatic rings. The van der Waals surface area contributed by atoms with Gasteiger partial charge in [0.05, 0.1) is 10.2 Å². The minimum atomic E-state index is -0.151. The van der Waals surface area contributed by atoms with Crippen molar-refractivity contribution in [3.8, 4) is 0 Å². The van der Waals surface area contributed by atoms with Crippen LogP contribution in [0.25, 0.3) is 0 Å². The summed E-state index contributed by atoms with van der Waals surface area (Å²) in [5.41, 5.74) is 1.57. The van der Waals surface area contributed by atoms with Gasteiger partial charge in [-0.05, 0) is 61.4 Å². The zero-order valence-corrected chi connectivity index (χ0v) is 14.2. The highest BCUT2D eigenvalue weighted by Gasteiger charge is 2.17. The van der Waals surface area contributed by atoms with Crippen LogP contribution in [0.15, 0.2) is 9.27 Å². The van der Waals surface area contributed by atoms with Gasteiger partial charge in [0.15, 0.2) is 0 Å². The van der Waals surface area contributed by atoms with Gasteiger partial charge in [-0.25, -0.2) is 4.79 Å². The van der Waals surface area contributed by atoms with Gasteiger partial charge in [0.2, 0.25) is 0 Å². The Balaban J connectivity index is 1.92. The Labute approximate surface area is 129 Å². The molecule has 1 aliphatic carbocycles. The fraction of sp³-hybridized carbons (Fsp3) is 0.733. The van der Waals surface area contributed by atoms with Crippen molar-refractivity contribution < 1.29 is 0 Å². The van der Waals surface area contributed by atoms with Gasteiger partial charge in [-0.3, -0.25) is 4.57 Å². The molecule has 0 amide bonds. The molecule has 0 spiro atoms. The first-order chi connectivity index (χ1) is 9.49. The summed E-state index contributed by atoms with van der Waals surface area (Å²) in [6, 6.07) is 0.615. The van der Waals surface area contributed by atoms with E-state index in [1.807, 2.05) is 13.8 Å². The molecular weight excluding hydrogens is 318 g/mol. The van der Waals surface area contributed by atoms with Crippen molar-refractivity contribution in [2.24, 2.45) is 5.92 Å². The number of rotatable bonds is 4. The molecule has 1 N–H and O–H groups in total. The Morgan fingerprint density at radius 3 is 2.60 bits per heavy atom. The van der Waals surface area contributed by atoms with Crippen molar-refractivity contribution in [2.75, 3.05) is 6.54 Å². The summed E-state index contributed by atoms with van der Waals surface area (Å²) >= 11 is 3.50. The van der Waals surface area contributed by atoms with Crippen LogP contribution >= 0.6 is 15.9 Å². The lowest BCUT2D eigenvalue weighted by Gasteiger charge is -2.27. The normalized spacial score (nSPS) is 23.0. The highest BCUT2D eigenvalue weighted by molar-refractivity contribution is 9.10. The summed E-state index contributed by atoms with van der Waals surface area (Å²) in [6.07, 6.45) is 5.14. The standard InChI is InChI=1S/C15H24BrN3O/c1-10-4-6-13(7-5-10)17-8-9-19-12(3)14(16)11(2)18-15(19)20/h10,13,17H,4-9H2,1-3H3. The number of aromatic nitrogens is 2. The van der Waals surface area contributed by atoms with Gasteiger partial charge in [0.25, 0.3) is 0 Å². The van der Waals surface area contributed by atoms with Crippen LogP contribution in [0.2, 0.25) is 0 Å². The number of halogens is 1. The van der Waals surface area contributed by atoms with E-state index in [2.05, 4.69) is 33.2 Å². The minimum Gasteiger partial charge on any atom is -0.312 e. The highest BCUT2D eigenvalue weighted by atomic mass is 79.9. The highest BCUT2D eigenvalue weighted by Crippen LogP contribution is 2.23. The first-order valence-corrected chi connectivity index (χ1v) is 8.25. The number of hydrogen-bond donors (Lipinski definition) is 1. The number of nitrogens with zero attached hydrogens (tertiary/aromatic N) is 2. The van der Waals surface area contributed by atoms with Crippen LogP contribution in [-0.4, -0.2) is 22.1 Å². The summed E-state index contributed by atoms with van der Waals surface area (Å²) in [5, 5.41) is 3.58.